The summed E-state index contributed by atoms with van der Waals surface area (Å²) in [5.74, 6) is -0.450. The molecule has 0 atom stereocenters. The Balaban J connectivity index is 1.98. The number of hydrogen-bond acceptors (Lipinski definition) is 2. The number of amides is 1. The molecular formula is C15H14ClFN2O. The van der Waals surface area contributed by atoms with Gasteiger partial charge in [-0.15, -0.1) is 0 Å². The SMILES string of the molecule is CC(=O)Nc1ccc(NCc2ccc(Cl)cc2F)cc1. The van der Waals surface area contributed by atoms with Crippen molar-refractivity contribution in [1.29, 1.82) is 0 Å². The molecule has 0 heterocycles. The smallest absolute Gasteiger partial charge is 0.221 e. The number of carbonyl (C=O) groups is 1. The van der Waals surface area contributed by atoms with Gasteiger partial charge >= 0.3 is 0 Å². The Morgan fingerprint density at radius 3 is 2.40 bits per heavy atom. The van der Waals surface area contributed by atoms with E-state index in [1.54, 1.807) is 24.3 Å². The minimum absolute atomic E-state index is 0.117. The fourth-order valence-corrected chi connectivity index (χ4v) is 1.90. The maximum absolute atomic E-state index is 13.6. The zero-order chi connectivity index (χ0) is 14.5. The van der Waals surface area contributed by atoms with Crippen LogP contribution in [0.3, 0.4) is 0 Å². The molecule has 3 nitrogen and oxygen atoms in total. The van der Waals surface area contributed by atoms with E-state index in [0.29, 0.717) is 17.1 Å². The highest BCUT2D eigenvalue weighted by atomic mass is 35.5. The quantitative estimate of drug-likeness (QED) is 0.892. The number of carbonyl (C=O) groups excluding carboxylic acids is 1. The van der Waals surface area contributed by atoms with Gasteiger partial charge in [0.2, 0.25) is 5.91 Å². The highest BCUT2D eigenvalue weighted by Gasteiger charge is 2.03. The Labute approximate surface area is 121 Å². The van der Waals surface area contributed by atoms with E-state index < -0.39 is 0 Å². The van der Waals surface area contributed by atoms with Gasteiger partial charge in [-0.05, 0) is 36.4 Å². The molecule has 0 fully saturated rings. The molecule has 2 aromatic carbocycles. The van der Waals surface area contributed by atoms with Crippen LogP contribution in [0.1, 0.15) is 12.5 Å². The van der Waals surface area contributed by atoms with Gasteiger partial charge in [-0.2, -0.15) is 0 Å². The van der Waals surface area contributed by atoms with E-state index in [9.17, 15) is 9.18 Å². The Kier molecular flexibility index (Phi) is 4.58. The topological polar surface area (TPSA) is 41.1 Å². The van der Waals surface area contributed by atoms with Crippen molar-refractivity contribution in [2.45, 2.75) is 13.5 Å². The lowest BCUT2D eigenvalue weighted by molar-refractivity contribution is -0.114. The molecular weight excluding hydrogens is 279 g/mol. The van der Waals surface area contributed by atoms with E-state index in [-0.39, 0.29) is 11.7 Å². The average Bonchev–Trinajstić information content (AvgIpc) is 2.39. The molecule has 0 saturated heterocycles. The van der Waals surface area contributed by atoms with Crippen LogP contribution in [0.25, 0.3) is 0 Å². The Bertz CT molecular complexity index is 614. The second-order valence-electron chi connectivity index (χ2n) is 4.35. The number of halogens is 2. The number of hydrogen-bond donors (Lipinski definition) is 2. The second kappa shape index (κ2) is 6.39. The van der Waals surface area contributed by atoms with E-state index in [1.807, 2.05) is 12.1 Å². The van der Waals surface area contributed by atoms with Gasteiger partial charge in [0.1, 0.15) is 5.82 Å². The van der Waals surface area contributed by atoms with E-state index in [0.717, 1.165) is 11.4 Å². The lowest BCUT2D eigenvalue weighted by Gasteiger charge is -2.09. The molecule has 2 aromatic rings. The molecule has 104 valence electrons. The van der Waals surface area contributed by atoms with Crippen LogP contribution < -0.4 is 10.6 Å². The molecule has 0 radical (unpaired) electrons. The Morgan fingerprint density at radius 1 is 1.15 bits per heavy atom. The molecule has 0 aliphatic heterocycles. The van der Waals surface area contributed by atoms with Crippen LogP contribution in [-0.4, -0.2) is 5.91 Å². The first-order chi connectivity index (χ1) is 9.54. The molecule has 0 aliphatic rings. The minimum atomic E-state index is -0.333. The lowest BCUT2D eigenvalue weighted by Crippen LogP contribution is -2.06. The van der Waals surface area contributed by atoms with Crippen molar-refractivity contribution in [2.75, 3.05) is 10.6 Å². The first-order valence-electron chi connectivity index (χ1n) is 6.10. The number of nitrogens with one attached hydrogen (secondary N) is 2. The summed E-state index contributed by atoms with van der Waals surface area (Å²) in [5.41, 5.74) is 2.11. The summed E-state index contributed by atoms with van der Waals surface area (Å²) in [4.78, 5) is 10.9. The van der Waals surface area contributed by atoms with E-state index in [4.69, 9.17) is 11.6 Å². The molecule has 0 unspecified atom stereocenters. The molecule has 0 aromatic heterocycles. The van der Waals surface area contributed by atoms with Gasteiger partial charge in [0.05, 0.1) is 0 Å². The fraction of sp³-hybridized carbons (Fsp3) is 0.133. The van der Waals surface area contributed by atoms with Gasteiger partial charge in [0, 0.05) is 35.4 Å². The summed E-state index contributed by atoms with van der Waals surface area (Å²) in [6.45, 7) is 1.82. The minimum Gasteiger partial charge on any atom is -0.381 e. The number of rotatable bonds is 4. The van der Waals surface area contributed by atoms with Crippen molar-refractivity contribution in [1.82, 2.24) is 0 Å². The van der Waals surface area contributed by atoms with Crippen LogP contribution in [0.15, 0.2) is 42.5 Å². The van der Waals surface area contributed by atoms with Crippen molar-refractivity contribution >= 4 is 28.9 Å². The summed E-state index contributed by atoms with van der Waals surface area (Å²) in [6, 6.07) is 11.8. The maximum Gasteiger partial charge on any atom is 0.221 e. The maximum atomic E-state index is 13.6. The molecule has 0 saturated carbocycles. The van der Waals surface area contributed by atoms with Gasteiger partial charge in [0.25, 0.3) is 0 Å². The van der Waals surface area contributed by atoms with E-state index in [2.05, 4.69) is 10.6 Å². The number of benzene rings is 2. The van der Waals surface area contributed by atoms with Crippen LogP contribution in [-0.2, 0) is 11.3 Å². The Morgan fingerprint density at radius 2 is 1.80 bits per heavy atom. The third-order valence-electron chi connectivity index (χ3n) is 2.70. The molecule has 1 amide bonds. The predicted octanol–water partition coefficient (Wildman–Crippen LogP) is 4.05. The molecule has 5 heteroatoms. The van der Waals surface area contributed by atoms with Crippen LogP contribution in [0.2, 0.25) is 5.02 Å². The average molecular weight is 293 g/mol. The summed E-state index contributed by atoms with van der Waals surface area (Å²) < 4.78 is 13.6. The first kappa shape index (κ1) is 14.3. The fourth-order valence-electron chi connectivity index (χ4n) is 1.74. The molecule has 20 heavy (non-hydrogen) atoms. The van der Waals surface area contributed by atoms with Gasteiger partial charge < -0.3 is 10.6 Å². The zero-order valence-electron chi connectivity index (χ0n) is 10.9. The zero-order valence-corrected chi connectivity index (χ0v) is 11.7. The predicted molar refractivity (Wildman–Crippen MR) is 79.5 cm³/mol. The van der Waals surface area contributed by atoms with Crippen molar-refractivity contribution in [3.63, 3.8) is 0 Å². The first-order valence-corrected chi connectivity index (χ1v) is 6.48. The summed E-state index contributed by atoms with van der Waals surface area (Å²) >= 11 is 5.70. The van der Waals surface area contributed by atoms with Crippen LogP contribution in [0, 0.1) is 5.82 Å². The van der Waals surface area contributed by atoms with Crippen molar-refractivity contribution in [3.8, 4) is 0 Å². The summed E-state index contributed by atoms with van der Waals surface area (Å²) in [7, 11) is 0. The van der Waals surface area contributed by atoms with Crippen LogP contribution >= 0.6 is 11.6 Å². The summed E-state index contributed by atoms with van der Waals surface area (Å²) in [5, 5.41) is 6.17. The normalized spacial score (nSPS) is 10.2. The second-order valence-corrected chi connectivity index (χ2v) is 4.78. The van der Waals surface area contributed by atoms with Crippen molar-refractivity contribution < 1.29 is 9.18 Å². The van der Waals surface area contributed by atoms with E-state index >= 15 is 0 Å². The van der Waals surface area contributed by atoms with Gasteiger partial charge in [0.15, 0.2) is 0 Å². The van der Waals surface area contributed by atoms with Gasteiger partial charge in [-0.1, -0.05) is 17.7 Å². The van der Waals surface area contributed by atoms with Crippen molar-refractivity contribution in [3.05, 3.63) is 58.9 Å². The van der Waals surface area contributed by atoms with Crippen LogP contribution in [0.4, 0.5) is 15.8 Å². The largest absolute Gasteiger partial charge is 0.381 e. The third-order valence-corrected chi connectivity index (χ3v) is 2.94. The van der Waals surface area contributed by atoms with Crippen LogP contribution in [0.5, 0.6) is 0 Å². The molecule has 0 bridgehead atoms. The molecule has 2 N–H and O–H groups in total. The molecule has 0 aliphatic carbocycles. The van der Waals surface area contributed by atoms with E-state index in [1.165, 1.54) is 13.0 Å². The highest BCUT2D eigenvalue weighted by molar-refractivity contribution is 6.30. The monoisotopic (exact) mass is 292 g/mol. The van der Waals surface area contributed by atoms with Crippen molar-refractivity contribution in [2.24, 2.45) is 0 Å². The molecule has 0 spiro atoms. The standard InChI is InChI=1S/C15H14ClFN2O/c1-10(20)19-14-6-4-13(5-7-14)18-9-11-2-3-12(16)8-15(11)17/h2-8,18H,9H2,1H3,(H,19,20). The third kappa shape index (κ3) is 3.96. The van der Waals surface area contributed by atoms with Gasteiger partial charge in [-0.25, -0.2) is 4.39 Å². The Hall–Kier alpha value is -2.07. The molecule has 2 rings (SSSR count). The number of anilines is 2. The highest BCUT2D eigenvalue weighted by Crippen LogP contribution is 2.17. The lowest BCUT2D eigenvalue weighted by atomic mass is 10.2. The van der Waals surface area contributed by atoms with Gasteiger partial charge in [-0.3, -0.25) is 4.79 Å². The summed E-state index contributed by atoms with van der Waals surface area (Å²) in [6.07, 6.45) is 0.